The van der Waals surface area contributed by atoms with Gasteiger partial charge < -0.3 is 21.1 Å². The number of pyridine rings is 1. The predicted octanol–water partition coefficient (Wildman–Crippen LogP) is 4.36. The van der Waals surface area contributed by atoms with E-state index in [0.29, 0.717) is 33.8 Å². The molecule has 4 heterocycles. The molecule has 4 N–H and O–H groups in total. The van der Waals surface area contributed by atoms with Crippen molar-refractivity contribution in [2.24, 2.45) is 0 Å². The largest absolute Gasteiger partial charge is 0.392 e. The average molecular weight is 596 g/mol. The molecule has 11 nitrogen and oxygen atoms in total. The zero-order valence-electron chi connectivity index (χ0n) is 24.3. The monoisotopic (exact) mass is 595 g/mol. The predicted molar refractivity (Wildman–Crippen MR) is 166 cm³/mol. The fraction of sp³-hybridized carbons (Fsp3) is 0.344. The summed E-state index contributed by atoms with van der Waals surface area (Å²) in [4.78, 5) is 29.2. The van der Waals surface area contributed by atoms with Crippen molar-refractivity contribution in [2.75, 3.05) is 30.7 Å². The minimum Gasteiger partial charge on any atom is -0.392 e. The van der Waals surface area contributed by atoms with Crippen molar-refractivity contribution in [3.8, 4) is 17.1 Å². The van der Waals surface area contributed by atoms with E-state index in [1.54, 1.807) is 36.7 Å². The quantitative estimate of drug-likeness (QED) is 0.227. The zero-order chi connectivity index (χ0) is 30.2. The molecular formula is C32H34FN9O2. The van der Waals surface area contributed by atoms with E-state index in [1.165, 1.54) is 29.9 Å². The number of fused-ring (bicyclic) bond motifs is 1. The first-order valence-corrected chi connectivity index (χ1v) is 15.1. The highest BCUT2D eigenvalue weighted by Crippen LogP contribution is 2.41. The molecule has 1 saturated heterocycles. The van der Waals surface area contributed by atoms with Crippen LogP contribution in [0.25, 0.3) is 27.8 Å². The highest BCUT2D eigenvalue weighted by molar-refractivity contribution is 5.83. The number of aromatic nitrogens is 6. The van der Waals surface area contributed by atoms with Gasteiger partial charge in [-0.3, -0.25) is 14.0 Å². The van der Waals surface area contributed by atoms with Crippen LogP contribution in [0.15, 0.2) is 59.8 Å². The van der Waals surface area contributed by atoms with E-state index in [1.807, 2.05) is 16.9 Å². The number of nitrogen functional groups attached to an aromatic ring is 1. The molecule has 3 aromatic heterocycles. The molecule has 1 aliphatic heterocycles. The Bertz CT molecular complexity index is 1890. The maximum Gasteiger partial charge on any atom is 0.265 e. The van der Waals surface area contributed by atoms with Crippen LogP contribution in [0.5, 0.6) is 0 Å². The number of halogens is 1. The van der Waals surface area contributed by atoms with E-state index in [9.17, 15) is 9.90 Å². The van der Waals surface area contributed by atoms with Gasteiger partial charge in [0.25, 0.3) is 5.56 Å². The van der Waals surface area contributed by atoms with E-state index in [-0.39, 0.29) is 23.1 Å². The van der Waals surface area contributed by atoms with Gasteiger partial charge in [-0.1, -0.05) is 24.6 Å². The van der Waals surface area contributed by atoms with Gasteiger partial charge in [0.2, 0.25) is 11.9 Å². The van der Waals surface area contributed by atoms with E-state index < -0.39 is 18.0 Å². The van der Waals surface area contributed by atoms with Crippen LogP contribution >= 0.6 is 0 Å². The Kier molecular flexibility index (Phi) is 7.52. The molecular weight excluding hydrogens is 561 g/mol. The normalized spacial score (nSPS) is 15.6. The summed E-state index contributed by atoms with van der Waals surface area (Å²) in [6.07, 6.45) is 11.1. The number of anilines is 3. The number of nitrogens with zero attached hydrogens (tertiary/aromatic N) is 7. The lowest BCUT2D eigenvalue weighted by atomic mass is 10.0. The molecule has 2 fully saturated rings. The number of aliphatic hydroxyl groups excluding tert-OH is 1. The van der Waals surface area contributed by atoms with Crippen LogP contribution in [0, 0.1) is 5.82 Å². The molecule has 0 amide bonds. The summed E-state index contributed by atoms with van der Waals surface area (Å²) in [5.74, 6) is 0.245. The lowest BCUT2D eigenvalue weighted by Gasteiger charge is -2.26. The first kappa shape index (κ1) is 28.1. The van der Waals surface area contributed by atoms with Crippen molar-refractivity contribution in [3.63, 3.8) is 0 Å². The van der Waals surface area contributed by atoms with Gasteiger partial charge in [0.05, 0.1) is 36.1 Å². The van der Waals surface area contributed by atoms with Crippen molar-refractivity contribution >= 4 is 28.4 Å². The molecule has 0 spiro atoms. The average Bonchev–Trinajstić information content (AvgIpc) is 3.79. The van der Waals surface area contributed by atoms with Crippen molar-refractivity contribution in [1.29, 1.82) is 0 Å². The molecule has 0 bridgehead atoms. The van der Waals surface area contributed by atoms with Crippen LogP contribution in [0.1, 0.15) is 49.1 Å². The fourth-order valence-corrected chi connectivity index (χ4v) is 6.04. The van der Waals surface area contributed by atoms with Gasteiger partial charge in [-0.25, -0.2) is 4.39 Å². The SMILES string of the molecule is Nc1nc(Nc2cnn(CCN3CCCCC3)c2)nc(-c2cccc(-n3ccc4cc(C5CC5)cc(F)c4c3=O)c2CO)n1. The summed E-state index contributed by atoms with van der Waals surface area (Å²) in [5, 5.41) is 18.7. The molecule has 1 saturated carbocycles. The van der Waals surface area contributed by atoms with Crippen LogP contribution in [0.3, 0.4) is 0 Å². The molecule has 5 aromatic rings. The highest BCUT2D eigenvalue weighted by Gasteiger charge is 2.25. The molecule has 226 valence electrons. The Morgan fingerprint density at radius 1 is 1.05 bits per heavy atom. The minimum atomic E-state index is -0.541. The minimum absolute atomic E-state index is 0.0126. The summed E-state index contributed by atoms with van der Waals surface area (Å²) in [6.45, 7) is 3.56. The summed E-state index contributed by atoms with van der Waals surface area (Å²) in [5.41, 5.74) is 8.45. The molecule has 0 unspecified atom stereocenters. The number of hydrogen-bond acceptors (Lipinski definition) is 9. The molecule has 0 atom stereocenters. The van der Waals surface area contributed by atoms with Gasteiger partial charge in [0.1, 0.15) is 5.82 Å². The first-order chi connectivity index (χ1) is 21.5. The second-order valence-corrected chi connectivity index (χ2v) is 11.6. The van der Waals surface area contributed by atoms with Gasteiger partial charge in [-0.2, -0.15) is 20.1 Å². The topological polar surface area (TPSA) is 140 Å². The van der Waals surface area contributed by atoms with E-state index in [2.05, 4.69) is 30.3 Å². The molecule has 0 radical (unpaired) electrons. The van der Waals surface area contributed by atoms with E-state index in [4.69, 9.17) is 5.73 Å². The maximum atomic E-state index is 15.2. The van der Waals surface area contributed by atoms with Crippen LogP contribution < -0.4 is 16.6 Å². The third-order valence-corrected chi connectivity index (χ3v) is 8.47. The standard InChI is InChI=1S/C32H34FN9O2/c33-26-16-22(20-7-8-20)15-21-9-12-42(30(44)28(21)26)27-6-4-5-24(25(27)19-43)29-37-31(34)39-32(38-29)36-23-17-35-41(18-23)14-13-40-10-2-1-3-11-40/h4-6,9,12,15-18,20,43H,1-3,7-8,10-11,13-14,19H2,(H3,34,36,37,38,39). The Balaban J connectivity index is 1.18. The van der Waals surface area contributed by atoms with Crippen LogP contribution in [-0.2, 0) is 13.2 Å². The number of likely N-dealkylation sites (tertiary alicyclic amines) is 1. The summed E-state index contributed by atoms with van der Waals surface area (Å²) >= 11 is 0. The maximum absolute atomic E-state index is 15.2. The summed E-state index contributed by atoms with van der Waals surface area (Å²) in [7, 11) is 0. The van der Waals surface area contributed by atoms with Crippen molar-refractivity contribution in [3.05, 3.63) is 82.3 Å². The third-order valence-electron chi connectivity index (χ3n) is 8.47. The number of hydrogen-bond donors (Lipinski definition) is 3. The Morgan fingerprint density at radius 2 is 1.89 bits per heavy atom. The molecule has 2 aliphatic rings. The highest BCUT2D eigenvalue weighted by atomic mass is 19.1. The van der Waals surface area contributed by atoms with Gasteiger partial charge >= 0.3 is 0 Å². The molecule has 44 heavy (non-hydrogen) atoms. The van der Waals surface area contributed by atoms with E-state index in [0.717, 1.165) is 44.6 Å². The van der Waals surface area contributed by atoms with E-state index >= 15 is 4.39 Å². The Labute approximate surface area is 253 Å². The summed E-state index contributed by atoms with van der Waals surface area (Å²) < 4.78 is 18.4. The number of piperidine rings is 1. The lowest BCUT2D eigenvalue weighted by Crippen LogP contribution is -2.32. The Hall–Kier alpha value is -4.68. The smallest absolute Gasteiger partial charge is 0.265 e. The second kappa shape index (κ2) is 11.8. The molecule has 2 aromatic carbocycles. The number of nitrogens with two attached hydrogens (primary N) is 1. The molecule has 1 aliphatic carbocycles. The first-order valence-electron chi connectivity index (χ1n) is 15.1. The summed E-state index contributed by atoms with van der Waals surface area (Å²) in [6, 6.07) is 10.3. The van der Waals surface area contributed by atoms with Crippen LogP contribution in [0.2, 0.25) is 0 Å². The van der Waals surface area contributed by atoms with Crippen molar-refractivity contribution < 1.29 is 9.50 Å². The second-order valence-electron chi connectivity index (χ2n) is 11.6. The fourth-order valence-electron chi connectivity index (χ4n) is 6.04. The van der Waals surface area contributed by atoms with Crippen molar-refractivity contribution in [2.45, 2.75) is 51.2 Å². The van der Waals surface area contributed by atoms with Crippen LogP contribution in [0.4, 0.5) is 22.0 Å². The van der Waals surface area contributed by atoms with Gasteiger partial charge in [0, 0.05) is 30.1 Å². The van der Waals surface area contributed by atoms with Gasteiger partial charge in [-0.05, 0) is 73.8 Å². The molecule has 12 heteroatoms. The molecule has 7 rings (SSSR count). The van der Waals surface area contributed by atoms with Crippen molar-refractivity contribution in [1.82, 2.24) is 34.2 Å². The van der Waals surface area contributed by atoms with Crippen LogP contribution in [-0.4, -0.2) is 58.9 Å². The number of nitrogens with one attached hydrogen (secondary N) is 1. The van der Waals surface area contributed by atoms with Gasteiger partial charge in [-0.15, -0.1) is 0 Å². The number of rotatable bonds is 9. The lowest BCUT2D eigenvalue weighted by molar-refractivity contribution is 0.218. The Morgan fingerprint density at radius 3 is 2.68 bits per heavy atom. The van der Waals surface area contributed by atoms with Gasteiger partial charge in [0.15, 0.2) is 5.82 Å². The number of benzene rings is 2. The third kappa shape index (κ3) is 5.65. The zero-order valence-corrected chi connectivity index (χ0v) is 24.3. The number of aliphatic hydroxyl groups is 1.